The zero-order chi connectivity index (χ0) is 6.57. The maximum Gasteiger partial charge on any atom is 2.00 e. The van der Waals surface area contributed by atoms with Crippen molar-refractivity contribution in [1.29, 1.82) is 0 Å². The maximum atomic E-state index is 11.1. The standard InChI is InChI=1S/C4H6F2O2.BrH.Zn/c1-2-8-4(7)3(5)6;;/h7H,2H2,1H3;1H;/q;;+2/p-2. The van der Waals surface area contributed by atoms with E-state index in [1.54, 1.807) is 0 Å². The molecule has 2 nitrogen and oxygen atoms in total. The largest absolute Gasteiger partial charge is 2.00 e. The van der Waals surface area contributed by atoms with E-state index in [-0.39, 0.29) is 43.1 Å². The van der Waals surface area contributed by atoms with Gasteiger partial charge in [-0.2, -0.15) is 8.78 Å². The summed E-state index contributed by atoms with van der Waals surface area (Å²) < 4.78 is 26.0. The van der Waals surface area contributed by atoms with Gasteiger partial charge in [0, 0.05) is 0 Å². The Morgan fingerprint density at radius 3 is 2.00 bits per heavy atom. The molecule has 56 valence electrons. The topological polar surface area (TPSA) is 32.3 Å². The Kier molecular flexibility index (Phi) is 15.6. The molecule has 10 heavy (non-hydrogen) atoms. The number of halogens is 3. The molecule has 0 bridgehead atoms. The molecule has 0 aromatic rings. The Morgan fingerprint density at radius 2 is 1.90 bits per heavy atom. The molecule has 0 aromatic heterocycles. The van der Waals surface area contributed by atoms with Crippen LogP contribution in [0.3, 0.4) is 0 Å². The van der Waals surface area contributed by atoms with E-state index in [0.29, 0.717) is 0 Å². The van der Waals surface area contributed by atoms with Crippen molar-refractivity contribution in [3.63, 3.8) is 0 Å². The molecule has 0 aliphatic heterocycles. The Labute approximate surface area is 80.8 Å². The minimum Gasteiger partial charge on any atom is -1.00 e. The Morgan fingerprint density at radius 1 is 1.50 bits per heavy atom. The van der Waals surface area contributed by atoms with Crippen molar-refractivity contribution in [3.8, 4) is 0 Å². The van der Waals surface area contributed by atoms with Gasteiger partial charge in [0.2, 0.25) is 0 Å². The van der Waals surface area contributed by atoms with Gasteiger partial charge in [0.25, 0.3) is 6.08 Å². The summed E-state index contributed by atoms with van der Waals surface area (Å²) >= 11 is 0. The molecule has 0 unspecified atom stereocenters. The molecular formula is C4H5BrF2O2Zn. The van der Waals surface area contributed by atoms with Gasteiger partial charge in [0.15, 0.2) is 0 Å². The molecule has 0 saturated carbocycles. The second-order valence-corrected chi connectivity index (χ2v) is 0.981. The first-order chi connectivity index (χ1) is 3.68. The van der Waals surface area contributed by atoms with E-state index >= 15 is 0 Å². The summed E-state index contributed by atoms with van der Waals surface area (Å²) in [7, 11) is 0. The van der Waals surface area contributed by atoms with Gasteiger partial charge in [-0.25, -0.2) is 0 Å². The van der Waals surface area contributed by atoms with E-state index in [1.807, 2.05) is 0 Å². The quantitative estimate of drug-likeness (QED) is 0.408. The molecule has 0 N–H and O–H groups in total. The van der Waals surface area contributed by atoms with Gasteiger partial charge >= 0.3 is 19.5 Å². The molecule has 0 radical (unpaired) electrons. The van der Waals surface area contributed by atoms with Crippen LogP contribution in [0.4, 0.5) is 8.78 Å². The van der Waals surface area contributed by atoms with E-state index in [2.05, 4.69) is 4.74 Å². The van der Waals surface area contributed by atoms with Gasteiger partial charge in [-0.1, -0.05) is 6.92 Å². The fraction of sp³-hybridized carbons (Fsp3) is 0.500. The van der Waals surface area contributed by atoms with Gasteiger partial charge < -0.3 is 26.8 Å². The molecular weight excluding hydrogens is 263 g/mol. The summed E-state index contributed by atoms with van der Waals surface area (Å²) in [6.45, 7) is 1.44. The minimum absolute atomic E-state index is 0. The van der Waals surface area contributed by atoms with Crippen molar-refractivity contribution in [3.05, 3.63) is 12.0 Å². The van der Waals surface area contributed by atoms with Crippen LogP contribution in [0.2, 0.25) is 0 Å². The third-order valence-electron chi connectivity index (χ3n) is 0.430. The summed E-state index contributed by atoms with van der Waals surface area (Å²) in [4.78, 5) is 0. The maximum absolute atomic E-state index is 11.1. The van der Waals surface area contributed by atoms with Crippen LogP contribution in [0.1, 0.15) is 6.92 Å². The van der Waals surface area contributed by atoms with Crippen LogP contribution in [0.5, 0.6) is 0 Å². The molecule has 0 amide bonds. The number of hydrogen-bond acceptors (Lipinski definition) is 2. The van der Waals surface area contributed by atoms with Crippen molar-refractivity contribution in [2.24, 2.45) is 0 Å². The van der Waals surface area contributed by atoms with Crippen LogP contribution in [0.25, 0.3) is 0 Å². The van der Waals surface area contributed by atoms with Crippen molar-refractivity contribution >= 4 is 0 Å². The Bertz CT molecular complexity index is 105. The monoisotopic (exact) mass is 266 g/mol. The van der Waals surface area contributed by atoms with Gasteiger partial charge in [-0.05, 0) is 6.61 Å². The number of hydrogen-bond donors (Lipinski definition) is 0. The summed E-state index contributed by atoms with van der Waals surface area (Å²) in [5, 5.41) is 9.73. The SMILES string of the molecule is CCOC([O-])=C(F)F.[Br-].[Zn+2]. The van der Waals surface area contributed by atoms with E-state index in [0.717, 1.165) is 0 Å². The first-order valence-electron chi connectivity index (χ1n) is 2.03. The van der Waals surface area contributed by atoms with Crippen LogP contribution in [0, 0.1) is 0 Å². The second-order valence-electron chi connectivity index (χ2n) is 0.981. The molecule has 0 atom stereocenters. The number of ether oxygens (including phenoxy) is 1. The van der Waals surface area contributed by atoms with Crippen molar-refractivity contribution in [2.75, 3.05) is 6.61 Å². The van der Waals surface area contributed by atoms with E-state index < -0.39 is 12.0 Å². The first-order valence-corrected chi connectivity index (χ1v) is 2.03. The van der Waals surface area contributed by atoms with Gasteiger partial charge in [0.1, 0.15) is 5.95 Å². The summed E-state index contributed by atoms with van der Waals surface area (Å²) in [6.07, 6.45) is -2.30. The fourth-order valence-corrected chi connectivity index (χ4v) is 0.186. The summed E-state index contributed by atoms with van der Waals surface area (Å²) in [6, 6.07) is 0. The minimum atomic E-state index is -2.30. The molecule has 6 heteroatoms. The average molecular weight is 268 g/mol. The molecule has 0 aliphatic rings. The zero-order valence-electron chi connectivity index (χ0n) is 5.36. The van der Waals surface area contributed by atoms with E-state index in [1.165, 1.54) is 6.92 Å². The molecule has 0 aromatic carbocycles. The smallest absolute Gasteiger partial charge is 1.00 e. The Hall–Kier alpha value is 0.303. The molecule has 0 aliphatic carbocycles. The molecule has 0 heterocycles. The van der Waals surface area contributed by atoms with Crippen LogP contribution in [-0.4, -0.2) is 6.61 Å². The van der Waals surface area contributed by atoms with Crippen molar-refractivity contribution in [2.45, 2.75) is 6.92 Å². The van der Waals surface area contributed by atoms with Gasteiger partial charge in [-0.15, -0.1) is 0 Å². The van der Waals surface area contributed by atoms with Crippen molar-refractivity contribution in [1.82, 2.24) is 0 Å². The van der Waals surface area contributed by atoms with E-state index in [9.17, 15) is 13.9 Å². The van der Waals surface area contributed by atoms with Gasteiger partial charge in [-0.3, -0.25) is 0 Å². The molecule has 0 saturated heterocycles. The van der Waals surface area contributed by atoms with Crippen LogP contribution < -0.4 is 22.1 Å². The normalized spacial score (nSPS) is 6.70. The fourth-order valence-electron chi connectivity index (χ4n) is 0.186. The van der Waals surface area contributed by atoms with Crippen LogP contribution >= 0.6 is 0 Å². The van der Waals surface area contributed by atoms with Gasteiger partial charge in [0.05, 0.1) is 0 Å². The molecule has 0 spiro atoms. The van der Waals surface area contributed by atoms with Crippen LogP contribution in [-0.2, 0) is 24.2 Å². The van der Waals surface area contributed by atoms with Crippen LogP contribution in [0.15, 0.2) is 12.0 Å². The molecule has 0 fully saturated rings. The number of rotatable bonds is 2. The Balaban J connectivity index is -0.000000245. The summed E-state index contributed by atoms with van der Waals surface area (Å²) in [5.74, 6) is -1.53. The zero-order valence-corrected chi connectivity index (χ0v) is 9.92. The van der Waals surface area contributed by atoms with E-state index in [4.69, 9.17) is 0 Å². The molecule has 0 rings (SSSR count). The first kappa shape index (κ1) is 16.7. The third kappa shape index (κ3) is 8.30. The predicted octanol–water partition coefficient (Wildman–Crippen LogP) is -2.55. The summed E-state index contributed by atoms with van der Waals surface area (Å²) in [5.41, 5.74) is 0. The van der Waals surface area contributed by atoms with Crippen molar-refractivity contribution < 1.29 is 55.1 Å². The predicted molar refractivity (Wildman–Crippen MR) is 20.9 cm³/mol. The average Bonchev–Trinajstić information content (AvgIpc) is 1.67. The second kappa shape index (κ2) is 9.30. The third-order valence-corrected chi connectivity index (χ3v) is 0.430.